The van der Waals surface area contributed by atoms with Crippen molar-refractivity contribution in [3.63, 3.8) is 0 Å². The summed E-state index contributed by atoms with van der Waals surface area (Å²) in [5.41, 5.74) is 2.99. The molecular weight excluding hydrogens is 586 g/mol. The molecule has 0 saturated heterocycles. The van der Waals surface area contributed by atoms with Gasteiger partial charge in [0.25, 0.3) is 10.0 Å². The summed E-state index contributed by atoms with van der Waals surface area (Å²) < 4.78 is 34.6. The largest absolute Gasteiger partial charge is 0.497 e. The standard InChI is InChI=1S/C36H41N3O5S/c1-5-28(3)37-36(41)34(24-29-12-8-6-9-13-29)38(25-30-14-10-7-11-15-30)35(40)26-39(31-18-16-27(2)17-19-31)45(42,43)33-22-20-32(44-4)21-23-33/h6-23,28,34H,5,24-26H2,1-4H3,(H,37,41)/t28-,34-/m0/s1. The lowest BCUT2D eigenvalue weighted by Gasteiger charge is -2.34. The fourth-order valence-corrected chi connectivity index (χ4v) is 6.30. The van der Waals surface area contributed by atoms with Gasteiger partial charge in [-0.25, -0.2) is 8.42 Å². The average Bonchev–Trinajstić information content (AvgIpc) is 3.06. The Kier molecular flexibility index (Phi) is 11.4. The molecule has 0 radical (unpaired) electrons. The third-order valence-corrected chi connectivity index (χ3v) is 9.50. The highest BCUT2D eigenvalue weighted by molar-refractivity contribution is 7.92. The minimum Gasteiger partial charge on any atom is -0.497 e. The van der Waals surface area contributed by atoms with Crippen LogP contribution in [0.25, 0.3) is 0 Å². The zero-order valence-electron chi connectivity index (χ0n) is 26.2. The van der Waals surface area contributed by atoms with Gasteiger partial charge < -0.3 is 15.0 Å². The first-order chi connectivity index (χ1) is 21.6. The quantitative estimate of drug-likeness (QED) is 0.192. The number of hydrogen-bond acceptors (Lipinski definition) is 5. The smallest absolute Gasteiger partial charge is 0.264 e. The molecule has 9 heteroatoms. The van der Waals surface area contributed by atoms with Crippen LogP contribution in [0.3, 0.4) is 0 Å². The van der Waals surface area contributed by atoms with E-state index in [1.165, 1.54) is 24.1 Å². The zero-order valence-corrected chi connectivity index (χ0v) is 27.0. The number of benzene rings is 4. The number of hydrogen-bond donors (Lipinski definition) is 1. The number of methoxy groups -OCH3 is 1. The maximum absolute atomic E-state index is 14.5. The van der Waals surface area contributed by atoms with E-state index in [1.807, 2.05) is 81.4 Å². The SMILES string of the molecule is CC[C@H](C)NC(=O)[C@H](Cc1ccccc1)N(Cc1ccccc1)C(=O)CN(c1ccc(C)cc1)S(=O)(=O)c1ccc(OC)cc1. The Morgan fingerprint density at radius 2 is 1.40 bits per heavy atom. The van der Waals surface area contributed by atoms with Crippen molar-refractivity contribution < 1.29 is 22.7 Å². The van der Waals surface area contributed by atoms with E-state index in [2.05, 4.69) is 5.32 Å². The van der Waals surface area contributed by atoms with Gasteiger partial charge in [-0.2, -0.15) is 0 Å². The van der Waals surface area contributed by atoms with E-state index in [4.69, 9.17) is 4.74 Å². The van der Waals surface area contributed by atoms with E-state index in [0.717, 1.165) is 27.4 Å². The second kappa shape index (κ2) is 15.4. The van der Waals surface area contributed by atoms with Gasteiger partial charge in [0.1, 0.15) is 18.3 Å². The maximum atomic E-state index is 14.5. The van der Waals surface area contributed by atoms with E-state index < -0.39 is 28.5 Å². The predicted molar refractivity (Wildman–Crippen MR) is 178 cm³/mol. The van der Waals surface area contributed by atoms with Crippen LogP contribution < -0.4 is 14.4 Å². The van der Waals surface area contributed by atoms with Crippen LogP contribution in [0.1, 0.15) is 37.0 Å². The van der Waals surface area contributed by atoms with Gasteiger partial charge in [0.2, 0.25) is 11.8 Å². The summed E-state index contributed by atoms with van der Waals surface area (Å²) in [5.74, 6) is -0.286. The summed E-state index contributed by atoms with van der Waals surface area (Å²) in [4.78, 5) is 29.9. The lowest BCUT2D eigenvalue weighted by Crippen LogP contribution is -2.54. The molecule has 8 nitrogen and oxygen atoms in total. The van der Waals surface area contributed by atoms with Gasteiger partial charge in [-0.15, -0.1) is 0 Å². The molecule has 4 rings (SSSR count). The molecule has 236 valence electrons. The number of sulfonamides is 1. The number of anilines is 1. The normalized spacial score (nSPS) is 12.5. The molecule has 0 aliphatic rings. The number of carbonyl (C=O) groups excluding carboxylic acids is 2. The summed E-state index contributed by atoms with van der Waals surface area (Å²) in [7, 11) is -2.69. The first-order valence-corrected chi connectivity index (χ1v) is 16.5. The van der Waals surface area contributed by atoms with Crippen molar-refractivity contribution in [2.75, 3.05) is 18.0 Å². The molecule has 2 atom stereocenters. The number of nitrogens with zero attached hydrogens (tertiary/aromatic N) is 2. The van der Waals surface area contributed by atoms with E-state index in [1.54, 1.807) is 36.4 Å². The molecular formula is C36H41N3O5S. The first kappa shape index (κ1) is 33.3. The highest BCUT2D eigenvalue weighted by Crippen LogP contribution is 2.27. The number of carbonyl (C=O) groups is 2. The summed E-state index contributed by atoms with van der Waals surface area (Å²) in [6.45, 7) is 5.42. The van der Waals surface area contributed by atoms with Crippen molar-refractivity contribution >= 4 is 27.5 Å². The van der Waals surface area contributed by atoms with Gasteiger partial charge in [-0.3, -0.25) is 13.9 Å². The Bertz CT molecular complexity index is 1640. The average molecular weight is 628 g/mol. The Hall–Kier alpha value is -4.63. The predicted octanol–water partition coefficient (Wildman–Crippen LogP) is 5.75. The lowest BCUT2D eigenvalue weighted by atomic mass is 10.0. The lowest BCUT2D eigenvalue weighted by molar-refractivity contribution is -0.140. The second-order valence-corrected chi connectivity index (χ2v) is 12.9. The van der Waals surface area contributed by atoms with Crippen LogP contribution in [-0.4, -0.2) is 50.9 Å². The summed E-state index contributed by atoms with van der Waals surface area (Å²) in [6, 6.07) is 30.9. The number of ether oxygens (including phenoxy) is 1. The van der Waals surface area contributed by atoms with E-state index in [-0.39, 0.29) is 29.8 Å². The molecule has 0 aliphatic carbocycles. The van der Waals surface area contributed by atoms with Crippen LogP contribution in [0.2, 0.25) is 0 Å². The molecule has 4 aromatic rings. The first-order valence-electron chi connectivity index (χ1n) is 15.0. The Morgan fingerprint density at radius 1 is 0.822 bits per heavy atom. The molecule has 4 aromatic carbocycles. The number of rotatable bonds is 14. The molecule has 1 N–H and O–H groups in total. The fourth-order valence-electron chi connectivity index (χ4n) is 4.89. The van der Waals surface area contributed by atoms with Crippen molar-refractivity contribution in [3.8, 4) is 5.75 Å². The summed E-state index contributed by atoms with van der Waals surface area (Å²) >= 11 is 0. The van der Waals surface area contributed by atoms with Gasteiger partial charge in [0.05, 0.1) is 17.7 Å². The minimum atomic E-state index is -4.19. The number of nitrogens with one attached hydrogen (secondary N) is 1. The van der Waals surface area contributed by atoms with Crippen LogP contribution in [-0.2, 0) is 32.6 Å². The molecule has 0 aromatic heterocycles. The zero-order chi connectivity index (χ0) is 32.4. The molecule has 0 spiro atoms. The summed E-state index contributed by atoms with van der Waals surface area (Å²) in [6.07, 6.45) is 0.981. The molecule has 0 heterocycles. The fraction of sp³-hybridized carbons (Fsp3) is 0.278. The van der Waals surface area contributed by atoms with E-state index >= 15 is 0 Å². The van der Waals surface area contributed by atoms with Crippen LogP contribution in [0, 0.1) is 6.92 Å². The molecule has 0 bridgehead atoms. The van der Waals surface area contributed by atoms with E-state index in [9.17, 15) is 18.0 Å². The monoisotopic (exact) mass is 627 g/mol. The number of amides is 2. The Balaban J connectivity index is 1.79. The molecule has 0 fully saturated rings. The number of aryl methyl sites for hydroxylation is 1. The van der Waals surface area contributed by atoms with Crippen molar-refractivity contribution in [3.05, 3.63) is 126 Å². The van der Waals surface area contributed by atoms with Gasteiger partial charge >= 0.3 is 0 Å². The minimum absolute atomic E-state index is 0.0154. The summed E-state index contributed by atoms with van der Waals surface area (Å²) in [5, 5.41) is 3.05. The highest BCUT2D eigenvalue weighted by atomic mass is 32.2. The topological polar surface area (TPSA) is 96.0 Å². The van der Waals surface area contributed by atoms with Crippen LogP contribution in [0.15, 0.2) is 114 Å². The van der Waals surface area contributed by atoms with Gasteiger partial charge in [0.15, 0.2) is 0 Å². The Morgan fingerprint density at radius 3 is 1.96 bits per heavy atom. The second-order valence-electron chi connectivity index (χ2n) is 11.1. The third kappa shape index (κ3) is 8.73. The molecule has 0 aliphatic heterocycles. The highest BCUT2D eigenvalue weighted by Gasteiger charge is 2.35. The maximum Gasteiger partial charge on any atom is 0.264 e. The van der Waals surface area contributed by atoms with Crippen molar-refractivity contribution in [1.29, 1.82) is 0 Å². The van der Waals surface area contributed by atoms with Crippen molar-refractivity contribution in [1.82, 2.24) is 10.2 Å². The molecule has 45 heavy (non-hydrogen) atoms. The van der Waals surface area contributed by atoms with Crippen LogP contribution in [0.4, 0.5) is 5.69 Å². The molecule has 2 amide bonds. The van der Waals surface area contributed by atoms with Gasteiger partial charge in [-0.1, -0.05) is 85.3 Å². The van der Waals surface area contributed by atoms with Crippen LogP contribution >= 0.6 is 0 Å². The van der Waals surface area contributed by atoms with Crippen LogP contribution in [0.5, 0.6) is 5.75 Å². The van der Waals surface area contributed by atoms with E-state index in [0.29, 0.717) is 11.4 Å². The van der Waals surface area contributed by atoms with Crippen molar-refractivity contribution in [2.45, 2.75) is 57.1 Å². The van der Waals surface area contributed by atoms with Gasteiger partial charge in [-0.05, 0) is 67.8 Å². The van der Waals surface area contributed by atoms with Gasteiger partial charge in [0, 0.05) is 19.0 Å². The Labute approximate surface area is 266 Å². The molecule has 0 unspecified atom stereocenters. The third-order valence-electron chi connectivity index (χ3n) is 7.72. The molecule has 0 saturated carbocycles. The van der Waals surface area contributed by atoms with Crippen molar-refractivity contribution in [2.24, 2.45) is 0 Å².